The Labute approximate surface area is 391 Å². The number of pyridine rings is 1. The Morgan fingerprint density at radius 1 is 1.12 bits per heavy atom. The number of hydrogen-bond acceptors (Lipinski definition) is 12. The van der Waals surface area contributed by atoms with Crippen molar-refractivity contribution in [2.45, 2.75) is 104 Å². The van der Waals surface area contributed by atoms with E-state index in [-0.39, 0.29) is 56.9 Å². The molecule has 3 N–H and O–H groups in total. The highest BCUT2D eigenvalue weighted by atomic mass is 16.6. The van der Waals surface area contributed by atoms with Crippen LogP contribution in [0.2, 0.25) is 0 Å². The molecule has 5 amide bonds. The summed E-state index contributed by atoms with van der Waals surface area (Å²) < 4.78 is 15.6. The minimum Gasteiger partial charge on any atom is -0.462 e. The van der Waals surface area contributed by atoms with E-state index in [1.807, 2.05) is 39.0 Å². The molecule has 19 nitrogen and oxygen atoms in total. The fourth-order valence-corrected chi connectivity index (χ4v) is 9.62. The van der Waals surface area contributed by atoms with Crippen molar-refractivity contribution in [1.82, 2.24) is 54.8 Å². The second kappa shape index (κ2) is 19.6. The second-order valence-electron chi connectivity index (χ2n) is 19.0. The predicted molar refractivity (Wildman–Crippen MR) is 249 cm³/mol. The average molecular weight is 924 g/mol. The maximum Gasteiger partial charge on any atom is 0.355 e. The van der Waals surface area contributed by atoms with Gasteiger partial charge in [-0.2, -0.15) is 10.5 Å². The van der Waals surface area contributed by atoms with Gasteiger partial charge in [0.1, 0.15) is 12.1 Å². The molecule has 2 saturated heterocycles. The molecule has 4 aromatic rings. The summed E-state index contributed by atoms with van der Waals surface area (Å²) in [6.07, 6.45) is 3.69. The van der Waals surface area contributed by atoms with Gasteiger partial charge < -0.3 is 39.2 Å². The number of hydrogen-bond donors (Lipinski definition) is 3. The van der Waals surface area contributed by atoms with Crippen LogP contribution in [0.25, 0.3) is 33.5 Å². The number of rotatable bonds is 9. The van der Waals surface area contributed by atoms with Gasteiger partial charge in [0.25, 0.3) is 5.91 Å². The molecule has 0 unspecified atom stereocenters. The van der Waals surface area contributed by atoms with Gasteiger partial charge in [-0.1, -0.05) is 34.3 Å². The SMILES string of the molecule is C=CC(=O)N1CCCN(C(=O)N(C)[C@H](C(=O)N[C@H]2Cc3nc(n(C)n3)-c3ccc4c(c3)c(c(-c3cccnc3[C@H](C)OC)n4CC)CC(C)(C)COC(=O)[C@@]3(O)CCCN(N3)C2=O)C(C)C)C1. The van der Waals surface area contributed by atoms with Gasteiger partial charge in [0.15, 0.2) is 11.6 Å². The van der Waals surface area contributed by atoms with Crippen molar-refractivity contribution < 1.29 is 38.6 Å². The van der Waals surface area contributed by atoms with E-state index in [2.05, 4.69) is 40.9 Å². The number of ether oxygens (including phenoxy) is 2. The van der Waals surface area contributed by atoms with E-state index in [0.717, 1.165) is 44.0 Å². The molecule has 0 aliphatic carbocycles. The highest BCUT2D eigenvalue weighted by molar-refractivity contribution is 5.95. The molecule has 6 bridgehead atoms. The standard InChI is InChI=1S/C48H65N11O8/c1-11-38(60)56-21-15-22-57(28-56)46(64)54(8)40(29(3)4)43(61)50-35-25-37-51-42(55(9)52-37)31-17-18-36-33(24-31)34(41(58(36)12-2)32-16-13-20-49-39(32)30(5)66-10)26-47(6,7)27-67-45(63)48(65)19-14-23-59(53-48)44(35)62/h11,13,16-18,20,24,29-30,35,40,53,65H,1,12,14-15,19,21-23,25-28H2,2-10H3,(H,50,61)/t30-,35-,40-,48-/m0/s1. The Balaban J connectivity index is 1.30. The molecule has 3 aromatic heterocycles. The van der Waals surface area contributed by atoms with Gasteiger partial charge in [0.05, 0.1) is 30.8 Å². The molecule has 3 aliphatic rings. The lowest BCUT2D eigenvalue weighted by atomic mass is 9.84. The lowest BCUT2D eigenvalue weighted by Gasteiger charge is -2.41. The number of carbonyl (C=O) groups is 5. The van der Waals surface area contributed by atoms with Crippen LogP contribution in [-0.2, 0) is 55.1 Å². The number of aryl methyl sites for hydroxylation is 2. The minimum absolute atomic E-state index is 0.0364. The van der Waals surface area contributed by atoms with Crippen LogP contribution < -0.4 is 10.7 Å². The summed E-state index contributed by atoms with van der Waals surface area (Å²) in [6.45, 7) is 16.8. The number of fused-ring (bicyclic) bond motifs is 6. The van der Waals surface area contributed by atoms with Gasteiger partial charge >= 0.3 is 12.0 Å². The normalized spacial score (nSPS) is 21.1. The van der Waals surface area contributed by atoms with E-state index in [9.17, 15) is 29.1 Å². The van der Waals surface area contributed by atoms with Crippen LogP contribution in [0, 0.1) is 11.3 Å². The molecule has 360 valence electrons. The molecule has 4 atom stereocenters. The highest BCUT2D eigenvalue weighted by Crippen LogP contribution is 2.42. The number of carbonyl (C=O) groups excluding carboxylic acids is 5. The number of nitrogens with one attached hydrogen (secondary N) is 2. The topological polar surface area (TPSA) is 210 Å². The summed E-state index contributed by atoms with van der Waals surface area (Å²) >= 11 is 0. The summed E-state index contributed by atoms with van der Waals surface area (Å²) in [5.74, 6) is -2.15. The van der Waals surface area contributed by atoms with E-state index in [0.29, 0.717) is 38.3 Å². The monoisotopic (exact) mass is 924 g/mol. The molecule has 0 spiro atoms. The zero-order chi connectivity index (χ0) is 48.5. The number of benzene rings is 1. The summed E-state index contributed by atoms with van der Waals surface area (Å²) in [5, 5.41) is 21.6. The van der Waals surface area contributed by atoms with E-state index >= 15 is 0 Å². The van der Waals surface area contributed by atoms with Crippen LogP contribution in [0.5, 0.6) is 0 Å². The second-order valence-corrected chi connectivity index (χ2v) is 19.0. The number of urea groups is 1. The van der Waals surface area contributed by atoms with Gasteiger partial charge in [-0.25, -0.2) is 19.3 Å². The van der Waals surface area contributed by atoms with Crippen molar-refractivity contribution in [3.05, 3.63) is 66.3 Å². The zero-order valence-electron chi connectivity index (χ0n) is 40.2. The minimum atomic E-state index is -2.26. The van der Waals surface area contributed by atoms with E-state index < -0.39 is 53.0 Å². The number of aliphatic hydroxyl groups is 1. The first-order valence-corrected chi connectivity index (χ1v) is 23.1. The summed E-state index contributed by atoms with van der Waals surface area (Å²) in [6, 6.07) is 7.26. The van der Waals surface area contributed by atoms with Crippen molar-refractivity contribution in [3.8, 4) is 22.6 Å². The number of nitrogens with zero attached hydrogens (tertiary/aromatic N) is 9. The van der Waals surface area contributed by atoms with Gasteiger partial charge in [-0.3, -0.25) is 24.4 Å². The largest absolute Gasteiger partial charge is 0.462 e. The molecule has 67 heavy (non-hydrogen) atoms. The molecule has 0 radical (unpaired) electrons. The Hall–Kier alpha value is -6.18. The third-order valence-corrected chi connectivity index (χ3v) is 13.0. The first kappa shape index (κ1) is 48.7. The van der Waals surface area contributed by atoms with Crippen molar-refractivity contribution in [3.63, 3.8) is 0 Å². The molecule has 7 rings (SSSR count). The van der Waals surface area contributed by atoms with E-state index in [4.69, 9.17) is 24.5 Å². The van der Waals surface area contributed by atoms with Crippen molar-refractivity contribution in [1.29, 1.82) is 0 Å². The summed E-state index contributed by atoms with van der Waals surface area (Å²) in [7, 11) is 4.94. The zero-order valence-corrected chi connectivity index (χ0v) is 40.2. The molecule has 0 saturated carbocycles. The van der Waals surface area contributed by atoms with E-state index in [1.54, 1.807) is 38.9 Å². The highest BCUT2D eigenvalue weighted by Gasteiger charge is 2.46. The van der Waals surface area contributed by atoms with Crippen LogP contribution in [0.15, 0.2) is 49.2 Å². The van der Waals surface area contributed by atoms with Crippen LogP contribution in [0.1, 0.15) is 84.0 Å². The van der Waals surface area contributed by atoms with Gasteiger partial charge in [-0.05, 0) is 81.0 Å². The quantitative estimate of drug-likeness (QED) is 0.161. The fraction of sp³-hybridized carbons (Fsp3) is 0.542. The van der Waals surface area contributed by atoms with Crippen LogP contribution in [0.3, 0.4) is 0 Å². The van der Waals surface area contributed by atoms with Crippen molar-refractivity contribution in [2.24, 2.45) is 18.4 Å². The molecule has 19 heteroatoms. The average Bonchev–Trinajstić information content (AvgIpc) is 3.83. The Morgan fingerprint density at radius 3 is 2.57 bits per heavy atom. The first-order chi connectivity index (χ1) is 31.8. The van der Waals surface area contributed by atoms with Crippen LogP contribution in [-0.4, -0.2) is 144 Å². The molecular formula is C48H65N11O8. The number of likely N-dealkylation sites (N-methyl/N-ethyl adjacent to an activating group) is 1. The van der Waals surface area contributed by atoms with Gasteiger partial charge in [0.2, 0.25) is 17.5 Å². The lowest BCUT2D eigenvalue weighted by molar-refractivity contribution is -0.189. The number of amides is 5. The Kier molecular flexibility index (Phi) is 14.2. The first-order valence-electron chi connectivity index (χ1n) is 23.1. The molecule has 3 aliphatic heterocycles. The number of methoxy groups -OCH3 is 1. The number of cyclic esters (lactones) is 1. The fourth-order valence-electron chi connectivity index (χ4n) is 9.62. The third-order valence-electron chi connectivity index (χ3n) is 13.0. The van der Waals surface area contributed by atoms with Crippen molar-refractivity contribution >= 4 is 40.6 Å². The number of hydrazine groups is 1. The molecule has 6 heterocycles. The van der Waals surface area contributed by atoms with Gasteiger partial charge in [-0.15, -0.1) is 0 Å². The summed E-state index contributed by atoms with van der Waals surface area (Å²) in [4.78, 5) is 83.7. The lowest BCUT2D eigenvalue weighted by Crippen LogP contribution is -2.67. The van der Waals surface area contributed by atoms with Crippen LogP contribution >= 0.6 is 0 Å². The number of esters is 1. The number of aromatic nitrogens is 5. The molecular weight excluding hydrogens is 859 g/mol. The Morgan fingerprint density at radius 2 is 1.87 bits per heavy atom. The Bertz CT molecular complexity index is 2550. The smallest absolute Gasteiger partial charge is 0.355 e. The maximum absolute atomic E-state index is 14.7. The maximum atomic E-state index is 14.7. The molecule has 2 fully saturated rings. The third kappa shape index (κ3) is 9.80. The molecule has 1 aromatic carbocycles. The van der Waals surface area contributed by atoms with Crippen LogP contribution in [0.4, 0.5) is 4.79 Å². The van der Waals surface area contributed by atoms with E-state index in [1.165, 1.54) is 27.8 Å². The predicted octanol–water partition coefficient (Wildman–Crippen LogP) is 3.95. The van der Waals surface area contributed by atoms with Gasteiger partial charge in [0, 0.05) is 93.9 Å². The van der Waals surface area contributed by atoms with Crippen molar-refractivity contribution in [2.75, 3.05) is 47.1 Å². The summed E-state index contributed by atoms with van der Waals surface area (Å²) in [5.41, 5.74) is 5.21.